The van der Waals surface area contributed by atoms with E-state index in [-0.39, 0.29) is 6.04 Å². The Bertz CT molecular complexity index is 523. The van der Waals surface area contributed by atoms with Crippen LogP contribution < -0.4 is 10.5 Å². The van der Waals surface area contributed by atoms with Gasteiger partial charge >= 0.3 is 0 Å². The average molecular weight is 253 g/mol. The lowest BCUT2D eigenvalue weighted by molar-refractivity contribution is 0.368. The van der Waals surface area contributed by atoms with Gasteiger partial charge in [0.1, 0.15) is 11.4 Å². The Kier molecular flexibility index (Phi) is 3.36. The van der Waals surface area contributed by atoms with Crippen LogP contribution in [0, 0.1) is 0 Å². The summed E-state index contributed by atoms with van der Waals surface area (Å²) in [5, 5.41) is 4.52. The Morgan fingerprint density at radius 2 is 2.24 bits per heavy atom. The highest BCUT2D eigenvalue weighted by atomic mass is 35.5. The number of halogens is 1. The van der Waals surface area contributed by atoms with Crippen molar-refractivity contribution in [2.75, 3.05) is 7.11 Å². The van der Waals surface area contributed by atoms with Crippen LogP contribution in [0.15, 0.2) is 28.8 Å². The van der Waals surface area contributed by atoms with Crippen molar-refractivity contribution < 1.29 is 9.26 Å². The number of benzene rings is 1. The topological polar surface area (TPSA) is 61.3 Å². The van der Waals surface area contributed by atoms with E-state index in [0.717, 1.165) is 0 Å². The third kappa shape index (κ3) is 2.28. The summed E-state index contributed by atoms with van der Waals surface area (Å²) < 4.78 is 10.4. The summed E-state index contributed by atoms with van der Waals surface area (Å²) in [5.74, 6) is 1.27. The van der Waals surface area contributed by atoms with Gasteiger partial charge in [-0.2, -0.15) is 0 Å². The van der Waals surface area contributed by atoms with E-state index in [1.807, 2.05) is 19.1 Å². The first-order valence-electron chi connectivity index (χ1n) is 5.18. The number of ether oxygens (including phenoxy) is 1. The first-order chi connectivity index (χ1) is 8.13. The van der Waals surface area contributed by atoms with Gasteiger partial charge in [-0.3, -0.25) is 0 Å². The van der Waals surface area contributed by atoms with Gasteiger partial charge in [0.15, 0.2) is 5.76 Å². The van der Waals surface area contributed by atoms with E-state index in [1.165, 1.54) is 0 Å². The molecule has 0 aliphatic carbocycles. The van der Waals surface area contributed by atoms with Gasteiger partial charge in [-0.05, 0) is 19.1 Å². The van der Waals surface area contributed by atoms with Gasteiger partial charge in [-0.25, -0.2) is 0 Å². The SMILES string of the molecule is COc1cccc(Cl)c1-c1cc(C(C)N)on1. The van der Waals surface area contributed by atoms with E-state index >= 15 is 0 Å². The molecule has 17 heavy (non-hydrogen) atoms. The van der Waals surface area contributed by atoms with Crippen LogP contribution in [-0.2, 0) is 0 Å². The van der Waals surface area contributed by atoms with Crippen LogP contribution in [0.3, 0.4) is 0 Å². The third-order valence-corrected chi connectivity index (χ3v) is 2.74. The third-order valence-electron chi connectivity index (χ3n) is 2.43. The summed E-state index contributed by atoms with van der Waals surface area (Å²) >= 11 is 6.14. The number of rotatable bonds is 3. The Hall–Kier alpha value is -1.52. The van der Waals surface area contributed by atoms with Crippen molar-refractivity contribution in [1.29, 1.82) is 0 Å². The fourth-order valence-corrected chi connectivity index (χ4v) is 1.81. The van der Waals surface area contributed by atoms with Crippen LogP contribution in [0.25, 0.3) is 11.3 Å². The zero-order valence-corrected chi connectivity index (χ0v) is 10.4. The van der Waals surface area contributed by atoms with Crippen LogP contribution in [0.1, 0.15) is 18.7 Å². The maximum absolute atomic E-state index is 6.14. The molecule has 2 aromatic rings. The Labute approximate surface area is 104 Å². The lowest BCUT2D eigenvalue weighted by atomic mass is 10.1. The zero-order chi connectivity index (χ0) is 12.4. The minimum atomic E-state index is -0.204. The first-order valence-corrected chi connectivity index (χ1v) is 5.56. The Morgan fingerprint density at radius 3 is 2.82 bits per heavy atom. The largest absolute Gasteiger partial charge is 0.496 e. The first kappa shape index (κ1) is 12.0. The van der Waals surface area contributed by atoms with Crippen LogP contribution in [0.5, 0.6) is 5.75 Å². The monoisotopic (exact) mass is 252 g/mol. The zero-order valence-electron chi connectivity index (χ0n) is 9.61. The predicted octanol–water partition coefficient (Wildman–Crippen LogP) is 3.02. The van der Waals surface area contributed by atoms with E-state index in [1.54, 1.807) is 19.2 Å². The van der Waals surface area contributed by atoms with Crippen LogP contribution in [0.2, 0.25) is 5.02 Å². The number of nitrogens with zero attached hydrogens (tertiary/aromatic N) is 1. The van der Waals surface area contributed by atoms with Crippen molar-refractivity contribution >= 4 is 11.6 Å². The average Bonchev–Trinajstić information content (AvgIpc) is 2.77. The van der Waals surface area contributed by atoms with Crippen molar-refractivity contribution in [1.82, 2.24) is 5.16 Å². The molecule has 0 aliphatic heterocycles. The van der Waals surface area contributed by atoms with Gasteiger partial charge < -0.3 is 15.0 Å². The van der Waals surface area contributed by atoms with Gasteiger partial charge in [0.05, 0.1) is 23.7 Å². The van der Waals surface area contributed by atoms with E-state index in [9.17, 15) is 0 Å². The second-order valence-electron chi connectivity index (χ2n) is 3.72. The minimum absolute atomic E-state index is 0.204. The van der Waals surface area contributed by atoms with Crippen molar-refractivity contribution in [3.8, 4) is 17.0 Å². The molecule has 1 heterocycles. The molecule has 0 fully saturated rings. The van der Waals surface area contributed by atoms with Crippen molar-refractivity contribution in [2.45, 2.75) is 13.0 Å². The molecular weight excluding hydrogens is 240 g/mol. The van der Waals surface area contributed by atoms with Gasteiger partial charge in [-0.1, -0.05) is 22.8 Å². The molecule has 5 heteroatoms. The summed E-state index contributed by atoms with van der Waals surface area (Å²) in [7, 11) is 1.59. The molecule has 1 unspecified atom stereocenters. The molecule has 1 aromatic heterocycles. The van der Waals surface area contributed by atoms with E-state index in [2.05, 4.69) is 5.16 Å². The highest BCUT2D eigenvalue weighted by molar-refractivity contribution is 6.33. The lowest BCUT2D eigenvalue weighted by Gasteiger charge is -2.06. The molecule has 1 aromatic carbocycles. The molecule has 1 atom stereocenters. The van der Waals surface area contributed by atoms with E-state index < -0.39 is 0 Å². The number of hydrogen-bond acceptors (Lipinski definition) is 4. The van der Waals surface area contributed by atoms with Gasteiger partial charge in [-0.15, -0.1) is 0 Å². The molecule has 0 aliphatic rings. The fraction of sp³-hybridized carbons (Fsp3) is 0.250. The highest BCUT2D eigenvalue weighted by Gasteiger charge is 2.16. The molecule has 90 valence electrons. The molecule has 0 amide bonds. The van der Waals surface area contributed by atoms with E-state index in [0.29, 0.717) is 27.8 Å². The fourth-order valence-electron chi connectivity index (χ4n) is 1.54. The molecule has 0 radical (unpaired) electrons. The molecule has 0 bridgehead atoms. The predicted molar refractivity (Wildman–Crippen MR) is 66.1 cm³/mol. The number of nitrogens with two attached hydrogens (primary N) is 1. The molecule has 0 saturated heterocycles. The van der Waals surface area contributed by atoms with Gasteiger partial charge in [0, 0.05) is 6.07 Å². The minimum Gasteiger partial charge on any atom is -0.496 e. The molecule has 0 spiro atoms. The molecule has 4 nitrogen and oxygen atoms in total. The van der Waals surface area contributed by atoms with Crippen LogP contribution >= 0.6 is 11.6 Å². The van der Waals surface area contributed by atoms with Crippen LogP contribution in [0.4, 0.5) is 0 Å². The highest BCUT2D eigenvalue weighted by Crippen LogP contribution is 2.36. The lowest BCUT2D eigenvalue weighted by Crippen LogP contribution is -2.02. The Morgan fingerprint density at radius 1 is 1.47 bits per heavy atom. The maximum atomic E-state index is 6.14. The smallest absolute Gasteiger partial charge is 0.153 e. The number of methoxy groups -OCH3 is 1. The quantitative estimate of drug-likeness (QED) is 0.912. The molecule has 2 rings (SSSR count). The summed E-state index contributed by atoms with van der Waals surface area (Å²) in [6.07, 6.45) is 0. The van der Waals surface area contributed by atoms with E-state index in [4.69, 9.17) is 26.6 Å². The van der Waals surface area contributed by atoms with Crippen molar-refractivity contribution in [3.05, 3.63) is 35.0 Å². The second-order valence-corrected chi connectivity index (χ2v) is 4.13. The Balaban J connectivity index is 2.51. The van der Waals surface area contributed by atoms with Crippen LogP contribution in [-0.4, -0.2) is 12.3 Å². The molecule has 0 saturated carbocycles. The summed E-state index contributed by atoms with van der Waals surface area (Å²) in [4.78, 5) is 0. The van der Waals surface area contributed by atoms with Gasteiger partial charge in [0.25, 0.3) is 0 Å². The maximum Gasteiger partial charge on any atom is 0.153 e. The summed E-state index contributed by atoms with van der Waals surface area (Å²) in [6, 6.07) is 6.98. The van der Waals surface area contributed by atoms with Crippen molar-refractivity contribution in [2.24, 2.45) is 5.73 Å². The van der Waals surface area contributed by atoms with Crippen molar-refractivity contribution in [3.63, 3.8) is 0 Å². The molecule has 2 N–H and O–H groups in total. The number of hydrogen-bond donors (Lipinski definition) is 1. The second kappa shape index (κ2) is 4.77. The molecular formula is C12H13ClN2O2. The standard InChI is InChI=1S/C12H13ClN2O2/c1-7(14)11-6-9(15-17-11)12-8(13)4-3-5-10(12)16-2/h3-7H,14H2,1-2H3. The summed E-state index contributed by atoms with van der Waals surface area (Å²) in [5.41, 5.74) is 7.06. The normalized spacial score (nSPS) is 12.5. The number of aromatic nitrogens is 1. The van der Waals surface area contributed by atoms with Gasteiger partial charge in [0.2, 0.25) is 0 Å². The summed E-state index contributed by atoms with van der Waals surface area (Å²) in [6.45, 7) is 1.83.